The zero-order chi connectivity index (χ0) is 17.2. The van der Waals surface area contributed by atoms with Gasteiger partial charge in [0.1, 0.15) is 6.10 Å². The fourth-order valence-electron chi connectivity index (χ4n) is 3.24. The highest BCUT2D eigenvalue weighted by Gasteiger charge is 2.20. The van der Waals surface area contributed by atoms with E-state index in [2.05, 4.69) is 15.3 Å². The van der Waals surface area contributed by atoms with Crippen LogP contribution in [0.25, 0.3) is 10.9 Å². The van der Waals surface area contributed by atoms with Crippen LogP contribution in [0.1, 0.15) is 40.8 Å². The number of aromatic nitrogens is 3. The van der Waals surface area contributed by atoms with Crippen LogP contribution in [0, 0.1) is 0 Å². The molecule has 1 fully saturated rings. The van der Waals surface area contributed by atoms with Crippen molar-refractivity contribution in [3.8, 4) is 0 Å². The number of benzene rings is 1. The van der Waals surface area contributed by atoms with Crippen molar-refractivity contribution in [2.45, 2.75) is 25.5 Å². The van der Waals surface area contributed by atoms with Crippen LogP contribution < -0.4 is 5.32 Å². The zero-order valence-corrected chi connectivity index (χ0v) is 14.1. The first-order chi connectivity index (χ1) is 12.2. The van der Waals surface area contributed by atoms with Crippen LogP contribution in [0.4, 0.5) is 0 Å². The third-order valence-electron chi connectivity index (χ3n) is 4.52. The Labute approximate surface area is 145 Å². The van der Waals surface area contributed by atoms with Gasteiger partial charge in [-0.15, -0.1) is 0 Å². The second-order valence-corrected chi connectivity index (χ2v) is 6.26. The monoisotopic (exact) mass is 336 g/mol. The molecule has 2 aromatic heterocycles. The van der Waals surface area contributed by atoms with Gasteiger partial charge >= 0.3 is 0 Å². The second-order valence-electron chi connectivity index (χ2n) is 6.26. The van der Waals surface area contributed by atoms with Gasteiger partial charge < -0.3 is 14.6 Å². The summed E-state index contributed by atoms with van der Waals surface area (Å²) in [6, 6.07) is 9.70. The van der Waals surface area contributed by atoms with E-state index in [-0.39, 0.29) is 12.0 Å². The maximum Gasteiger partial charge on any atom is 0.253 e. The molecule has 1 unspecified atom stereocenters. The van der Waals surface area contributed by atoms with E-state index in [1.165, 1.54) is 0 Å². The molecule has 6 nitrogen and oxygen atoms in total. The van der Waals surface area contributed by atoms with E-state index in [1.807, 2.05) is 48.1 Å². The molecule has 1 atom stereocenters. The summed E-state index contributed by atoms with van der Waals surface area (Å²) >= 11 is 0. The van der Waals surface area contributed by atoms with Crippen LogP contribution in [0.15, 0.2) is 42.7 Å². The predicted octanol–water partition coefficient (Wildman–Crippen LogP) is 2.75. The summed E-state index contributed by atoms with van der Waals surface area (Å²) in [5.74, 6) is 0.600. The number of amides is 1. The Kier molecular flexibility index (Phi) is 4.19. The lowest BCUT2D eigenvalue weighted by atomic mass is 10.1. The van der Waals surface area contributed by atoms with Crippen molar-refractivity contribution in [3.63, 3.8) is 0 Å². The molecule has 1 aliphatic rings. The number of fused-ring (bicyclic) bond motifs is 1. The fourth-order valence-corrected chi connectivity index (χ4v) is 3.24. The first kappa shape index (κ1) is 15.8. The first-order valence-electron chi connectivity index (χ1n) is 8.48. The Morgan fingerprint density at radius 1 is 1.36 bits per heavy atom. The van der Waals surface area contributed by atoms with E-state index in [1.54, 1.807) is 6.20 Å². The molecule has 1 aromatic carbocycles. The number of carbonyl (C=O) groups is 1. The molecule has 0 radical (unpaired) electrons. The normalized spacial score (nSPS) is 17.1. The number of hydrogen-bond donors (Lipinski definition) is 1. The molecule has 3 aromatic rings. The van der Waals surface area contributed by atoms with E-state index < -0.39 is 0 Å². The van der Waals surface area contributed by atoms with Crippen molar-refractivity contribution in [2.24, 2.45) is 7.05 Å². The molecule has 1 amide bonds. The third kappa shape index (κ3) is 3.13. The van der Waals surface area contributed by atoms with E-state index >= 15 is 0 Å². The fraction of sp³-hybridized carbons (Fsp3) is 0.316. The lowest BCUT2D eigenvalue weighted by molar-refractivity contribution is 0.0951. The zero-order valence-electron chi connectivity index (χ0n) is 14.1. The molecule has 128 valence electrons. The van der Waals surface area contributed by atoms with Crippen LogP contribution >= 0.6 is 0 Å². The Bertz CT molecular complexity index is 913. The molecule has 3 heterocycles. The Hall–Kier alpha value is -2.73. The average Bonchev–Trinajstić information content (AvgIpc) is 3.29. The van der Waals surface area contributed by atoms with Crippen LogP contribution in [-0.2, 0) is 18.3 Å². The van der Waals surface area contributed by atoms with Gasteiger partial charge in [0.2, 0.25) is 0 Å². The minimum Gasteiger partial charge on any atom is -0.370 e. The summed E-state index contributed by atoms with van der Waals surface area (Å²) < 4.78 is 7.59. The molecular weight excluding hydrogens is 316 g/mol. The van der Waals surface area contributed by atoms with E-state index in [0.717, 1.165) is 36.0 Å². The summed E-state index contributed by atoms with van der Waals surface area (Å²) in [7, 11) is 1.94. The SMILES string of the molecule is Cn1cc(C(=O)NCc2ccnc(C3CCCO3)n2)c2ccccc21. The number of rotatable bonds is 4. The van der Waals surface area contributed by atoms with Crippen LogP contribution in [0.2, 0.25) is 0 Å². The number of ether oxygens (including phenoxy) is 1. The standard InChI is InChI=1S/C19H20N4O2/c1-23-12-15(14-5-2-3-6-16(14)23)19(24)21-11-13-8-9-20-18(22-13)17-7-4-10-25-17/h2-3,5-6,8-9,12,17H,4,7,10-11H2,1H3,(H,21,24). The van der Waals surface area contributed by atoms with Crippen molar-refractivity contribution in [1.82, 2.24) is 19.9 Å². The molecule has 1 aliphatic heterocycles. The molecule has 1 saturated heterocycles. The van der Waals surface area contributed by atoms with Gasteiger partial charge in [-0.25, -0.2) is 9.97 Å². The Morgan fingerprint density at radius 3 is 3.08 bits per heavy atom. The first-order valence-corrected chi connectivity index (χ1v) is 8.48. The predicted molar refractivity (Wildman–Crippen MR) is 94.0 cm³/mol. The van der Waals surface area contributed by atoms with Gasteiger partial charge in [-0.2, -0.15) is 0 Å². The van der Waals surface area contributed by atoms with Gasteiger partial charge in [0, 0.05) is 37.0 Å². The highest BCUT2D eigenvalue weighted by Crippen LogP contribution is 2.25. The average molecular weight is 336 g/mol. The smallest absolute Gasteiger partial charge is 0.253 e. The van der Waals surface area contributed by atoms with Gasteiger partial charge in [-0.05, 0) is 25.0 Å². The molecule has 6 heteroatoms. The summed E-state index contributed by atoms with van der Waals surface area (Å²) in [4.78, 5) is 21.4. The molecule has 25 heavy (non-hydrogen) atoms. The minimum atomic E-state index is -0.103. The van der Waals surface area contributed by atoms with E-state index in [4.69, 9.17) is 4.74 Å². The van der Waals surface area contributed by atoms with E-state index in [9.17, 15) is 4.79 Å². The van der Waals surface area contributed by atoms with Crippen molar-refractivity contribution < 1.29 is 9.53 Å². The second kappa shape index (κ2) is 6.64. The van der Waals surface area contributed by atoms with Crippen LogP contribution in [0.5, 0.6) is 0 Å². The third-order valence-corrected chi connectivity index (χ3v) is 4.52. The number of para-hydroxylation sites is 1. The number of carbonyl (C=O) groups excluding carboxylic acids is 1. The molecule has 0 spiro atoms. The summed E-state index contributed by atoms with van der Waals surface area (Å²) in [5, 5.41) is 3.90. The molecule has 0 bridgehead atoms. The van der Waals surface area contributed by atoms with Crippen molar-refractivity contribution in [2.75, 3.05) is 6.61 Å². The highest BCUT2D eigenvalue weighted by molar-refractivity contribution is 6.06. The Morgan fingerprint density at radius 2 is 2.24 bits per heavy atom. The molecule has 4 rings (SSSR count). The molecular formula is C19H20N4O2. The van der Waals surface area contributed by atoms with Gasteiger partial charge in [-0.1, -0.05) is 18.2 Å². The Balaban J connectivity index is 1.49. The van der Waals surface area contributed by atoms with Gasteiger partial charge in [0.05, 0.1) is 17.8 Å². The molecule has 1 N–H and O–H groups in total. The van der Waals surface area contributed by atoms with Crippen LogP contribution in [-0.4, -0.2) is 27.0 Å². The van der Waals surface area contributed by atoms with E-state index in [0.29, 0.717) is 17.9 Å². The van der Waals surface area contributed by atoms with Crippen molar-refractivity contribution >= 4 is 16.8 Å². The molecule has 0 aliphatic carbocycles. The number of aryl methyl sites for hydroxylation is 1. The topological polar surface area (TPSA) is 69.0 Å². The number of nitrogens with zero attached hydrogens (tertiary/aromatic N) is 3. The quantitative estimate of drug-likeness (QED) is 0.795. The number of hydrogen-bond acceptors (Lipinski definition) is 4. The maximum absolute atomic E-state index is 12.6. The maximum atomic E-state index is 12.6. The summed E-state index contributed by atoms with van der Waals surface area (Å²) in [6.07, 6.45) is 5.55. The van der Waals surface area contributed by atoms with Gasteiger partial charge in [0.25, 0.3) is 5.91 Å². The molecule has 0 saturated carbocycles. The van der Waals surface area contributed by atoms with Gasteiger partial charge in [-0.3, -0.25) is 4.79 Å². The van der Waals surface area contributed by atoms with Crippen molar-refractivity contribution in [1.29, 1.82) is 0 Å². The summed E-state index contributed by atoms with van der Waals surface area (Å²) in [6.45, 7) is 1.13. The van der Waals surface area contributed by atoms with Crippen LogP contribution in [0.3, 0.4) is 0 Å². The number of nitrogens with one attached hydrogen (secondary N) is 1. The highest BCUT2D eigenvalue weighted by atomic mass is 16.5. The lowest BCUT2D eigenvalue weighted by Crippen LogP contribution is -2.23. The lowest BCUT2D eigenvalue weighted by Gasteiger charge is -2.09. The van der Waals surface area contributed by atoms with Crippen molar-refractivity contribution in [3.05, 3.63) is 59.8 Å². The largest absolute Gasteiger partial charge is 0.370 e. The van der Waals surface area contributed by atoms with Gasteiger partial charge in [0.15, 0.2) is 5.82 Å². The minimum absolute atomic E-state index is 0.0197. The summed E-state index contributed by atoms with van der Waals surface area (Å²) in [5.41, 5.74) is 2.50.